The van der Waals surface area contributed by atoms with Gasteiger partial charge < -0.3 is 15.7 Å². The van der Waals surface area contributed by atoms with E-state index in [-0.39, 0.29) is 5.84 Å². The molecular weight excluding hydrogens is 268 g/mol. The van der Waals surface area contributed by atoms with Crippen molar-refractivity contribution in [1.29, 1.82) is 0 Å². The molecule has 0 aliphatic carbocycles. The highest BCUT2D eigenvalue weighted by Gasteiger charge is 2.03. The van der Waals surface area contributed by atoms with Gasteiger partial charge in [-0.05, 0) is 37.6 Å². The Hall–Kier alpha value is -2.50. The first-order valence-corrected chi connectivity index (χ1v) is 6.80. The fourth-order valence-electron chi connectivity index (χ4n) is 1.85. The van der Waals surface area contributed by atoms with Crippen LogP contribution in [0.2, 0.25) is 0 Å². The summed E-state index contributed by atoms with van der Waals surface area (Å²) in [6.45, 7) is 4.59. The fourth-order valence-corrected chi connectivity index (χ4v) is 1.85. The number of nitrogens with two attached hydrogens (primary N) is 1. The van der Waals surface area contributed by atoms with Crippen LogP contribution in [0.15, 0.2) is 41.7 Å². The van der Waals surface area contributed by atoms with Crippen molar-refractivity contribution in [3.8, 4) is 5.75 Å². The van der Waals surface area contributed by atoms with E-state index in [9.17, 15) is 0 Å². The van der Waals surface area contributed by atoms with E-state index in [4.69, 9.17) is 15.7 Å². The van der Waals surface area contributed by atoms with Crippen LogP contribution in [-0.4, -0.2) is 20.8 Å². The molecule has 0 aliphatic heterocycles. The van der Waals surface area contributed by atoms with Crippen molar-refractivity contribution in [2.75, 3.05) is 0 Å². The molecule has 0 bridgehead atoms. The average molecular weight is 288 g/mol. The third-order valence-electron chi connectivity index (χ3n) is 3.02. The van der Waals surface area contributed by atoms with E-state index in [0.717, 1.165) is 17.0 Å². The Bertz CT molecular complexity index is 602. The second kappa shape index (κ2) is 6.78. The number of oxime groups is 1. The summed E-state index contributed by atoms with van der Waals surface area (Å²) in [5.74, 6) is 0.945. The summed E-state index contributed by atoms with van der Waals surface area (Å²) in [6.07, 6.45) is 2.36. The number of hydrogen-bond donors (Lipinski definition) is 2. The molecule has 0 unspecified atom stereocenters. The van der Waals surface area contributed by atoms with Crippen LogP contribution in [0.1, 0.15) is 31.1 Å². The average Bonchev–Trinajstić information content (AvgIpc) is 2.95. The molecule has 1 heterocycles. The van der Waals surface area contributed by atoms with Gasteiger partial charge in [0.15, 0.2) is 0 Å². The lowest BCUT2D eigenvalue weighted by molar-refractivity contribution is 0.298. The van der Waals surface area contributed by atoms with Gasteiger partial charge in [0.2, 0.25) is 0 Å². The topological polar surface area (TPSA) is 85.7 Å². The van der Waals surface area contributed by atoms with Gasteiger partial charge in [-0.3, -0.25) is 4.68 Å². The van der Waals surface area contributed by atoms with Gasteiger partial charge in [0, 0.05) is 18.7 Å². The van der Waals surface area contributed by atoms with Gasteiger partial charge in [-0.15, -0.1) is 0 Å². The molecule has 112 valence electrons. The van der Waals surface area contributed by atoms with Gasteiger partial charge >= 0.3 is 0 Å². The number of rotatable bonds is 6. The van der Waals surface area contributed by atoms with Crippen LogP contribution in [0.4, 0.5) is 0 Å². The normalized spacial score (nSPS) is 11.9. The zero-order valence-electron chi connectivity index (χ0n) is 12.2. The first kappa shape index (κ1) is 14.9. The predicted octanol–water partition coefficient (Wildman–Crippen LogP) is 2.33. The first-order valence-electron chi connectivity index (χ1n) is 6.80. The molecular formula is C15H20N4O2. The van der Waals surface area contributed by atoms with Crippen molar-refractivity contribution in [2.24, 2.45) is 10.9 Å². The van der Waals surface area contributed by atoms with Gasteiger partial charge in [0.1, 0.15) is 18.2 Å². The van der Waals surface area contributed by atoms with Crippen molar-refractivity contribution in [3.05, 3.63) is 47.8 Å². The molecule has 0 amide bonds. The largest absolute Gasteiger partial charge is 0.487 e. The van der Waals surface area contributed by atoms with Crippen LogP contribution in [0.3, 0.4) is 0 Å². The monoisotopic (exact) mass is 288 g/mol. The minimum Gasteiger partial charge on any atom is -0.487 e. The molecule has 0 aliphatic rings. The Morgan fingerprint density at radius 2 is 2.05 bits per heavy atom. The maximum atomic E-state index is 8.53. The van der Waals surface area contributed by atoms with Crippen molar-refractivity contribution < 1.29 is 9.94 Å². The predicted molar refractivity (Wildman–Crippen MR) is 80.5 cm³/mol. The molecule has 6 nitrogen and oxygen atoms in total. The molecule has 2 rings (SSSR count). The highest BCUT2D eigenvalue weighted by Crippen LogP contribution is 2.14. The zero-order chi connectivity index (χ0) is 15.2. The Balaban J connectivity index is 1.91. The van der Waals surface area contributed by atoms with Crippen molar-refractivity contribution in [3.63, 3.8) is 0 Å². The van der Waals surface area contributed by atoms with E-state index in [1.807, 2.05) is 41.2 Å². The van der Waals surface area contributed by atoms with Gasteiger partial charge in [0.05, 0.1) is 5.69 Å². The van der Waals surface area contributed by atoms with Gasteiger partial charge in [-0.25, -0.2) is 0 Å². The van der Waals surface area contributed by atoms with Gasteiger partial charge in [-0.1, -0.05) is 17.3 Å². The molecule has 3 N–H and O–H groups in total. The molecule has 0 atom stereocenters. The Morgan fingerprint density at radius 3 is 2.62 bits per heavy atom. The number of hydrogen-bond acceptors (Lipinski definition) is 4. The maximum absolute atomic E-state index is 8.53. The van der Waals surface area contributed by atoms with Crippen LogP contribution >= 0.6 is 0 Å². The van der Waals surface area contributed by atoms with Gasteiger partial charge in [0.25, 0.3) is 0 Å². The van der Waals surface area contributed by atoms with E-state index in [1.54, 1.807) is 0 Å². The molecule has 1 aromatic heterocycles. The number of ether oxygens (including phenoxy) is 1. The van der Waals surface area contributed by atoms with Gasteiger partial charge in [-0.2, -0.15) is 5.10 Å². The van der Waals surface area contributed by atoms with E-state index < -0.39 is 0 Å². The highest BCUT2D eigenvalue weighted by molar-refractivity contribution is 5.82. The lowest BCUT2D eigenvalue weighted by Gasteiger charge is -2.06. The lowest BCUT2D eigenvalue weighted by Crippen LogP contribution is -2.14. The summed E-state index contributed by atoms with van der Waals surface area (Å²) in [4.78, 5) is 0. The van der Waals surface area contributed by atoms with E-state index in [1.165, 1.54) is 0 Å². The van der Waals surface area contributed by atoms with Crippen molar-refractivity contribution in [1.82, 2.24) is 9.78 Å². The molecule has 1 aromatic carbocycles. The maximum Gasteiger partial charge on any atom is 0.143 e. The third kappa shape index (κ3) is 4.24. The second-order valence-electron chi connectivity index (χ2n) is 5.08. The molecule has 0 saturated carbocycles. The SMILES string of the molecule is CC(C)n1ccc(COc2ccc(CC(N)=NO)cc2)n1. The van der Waals surface area contributed by atoms with Crippen LogP contribution in [0.5, 0.6) is 5.75 Å². The summed E-state index contributed by atoms with van der Waals surface area (Å²) in [5.41, 5.74) is 7.32. The fraction of sp³-hybridized carbons (Fsp3) is 0.333. The first-order chi connectivity index (χ1) is 10.1. The molecule has 6 heteroatoms. The molecule has 0 radical (unpaired) electrons. The van der Waals surface area contributed by atoms with Crippen LogP contribution < -0.4 is 10.5 Å². The van der Waals surface area contributed by atoms with E-state index >= 15 is 0 Å². The van der Waals surface area contributed by atoms with Crippen LogP contribution in [-0.2, 0) is 13.0 Å². The zero-order valence-corrected chi connectivity index (χ0v) is 12.2. The second-order valence-corrected chi connectivity index (χ2v) is 5.08. The quantitative estimate of drug-likeness (QED) is 0.370. The summed E-state index contributed by atoms with van der Waals surface area (Å²) in [6, 6.07) is 9.79. The highest BCUT2D eigenvalue weighted by atomic mass is 16.5. The summed E-state index contributed by atoms with van der Waals surface area (Å²) in [7, 11) is 0. The molecule has 0 fully saturated rings. The summed E-state index contributed by atoms with van der Waals surface area (Å²) in [5, 5.41) is 15.9. The van der Waals surface area contributed by atoms with Crippen LogP contribution in [0, 0.1) is 0 Å². The minimum atomic E-state index is 0.183. The lowest BCUT2D eigenvalue weighted by atomic mass is 10.1. The number of benzene rings is 1. The number of amidine groups is 1. The van der Waals surface area contributed by atoms with Crippen LogP contribution in [0.25, 0.3) is 0 Å². The molecule has 0 saturated heterocycles. The summed E-state index contributed by atoms with van der Waals surface area (Å²) >= 11 is 0. The molecule has 2 aromatic rings. The summed E-state index contributed by atoms with van der Waals surface area (Å²) < 4.78 is 7.59. The van der Waals surface area contributed by atoms with E-state index in [2.05, 4.69) is 24.1 Å². The number of aromatic nitrogens is 2. The Kier molecular flexibility index (Phi) is 4.81. The minimum absolute atomic E-state index is 0.183. The smallest absolute Gasteiger partial charge is 0.143 e. The molecule has 21 heavy (non-hydrogen) atoms. The van der Waals surface area contributed by atoms with Crippen molar-refractivity contribution >= 4 is 5.84 Å². The Morgan fingerprint density at radius 1 is 1.33 bits per heavy atom. The number of nitrogens with zero attached hydrogens (tertiary/aromatic N) is 3. The standard InChI is InChI=1S/C15H20N4O2/c1-11(2)19-8-7-13(17-19)10-21-14-5-3-12(4-6-14)9-15(16)18-20/h3-8,11,20H,9-10H2,1-2H3,(H2,16,18). The van der Waals surface area contributed by atoms with E-state index in [0.29, 0.717) is 19.1 Å². The third-order valence-corrected chi connectivity index (χ3v) is 3.02. The Labute approximate surface area is 123 Å². The molecule has 0 spiro atoms. The van der Waals surface area contributed by atoms with Crippen molar-refractivity contribution in [2.45, 2.75) is 32.9 Å².